The number of hydrogen-bond acceptors (Lipinski definition) is 13. The normalized spacial score (nSPS) is 15.4. The highest BCUT2D eigenvalue weighted by Gasteiger charge is 2.40. The first kappa shape index (κ1) is 44.8. The molecule has 3 aliphatic heterocycles. The summed E-state index contributed by atoms with van der Waals surface area (Å²) < 4.78 is 29.9. The summed E-state index contributed by atoms with van der Waals surface area (Å²) in [5, 5.41) is 21.1. The molecule has 1 saturated heterocycles. The molecule has 7 N–H and O–H groups in total. The summed E-state index contributed by atoms with van der Waals surface area (Å²) in [4.78, 5) is 78.0. The number of carbonyl (C=O) groups is 5. The molecular formula is C46H41ClF2N12O5. The summed E-state index contributed by atoms with van der Waals surface area (Å²) >= 11 is 6.34. The van der Waals surface area contributed by atoms with Crippen molar-refractivity contribution in [3.05, 3.63) is 147 Å². The Kier molecular flexibility index (Phi) is 13.6. The number of amides is 5. The number of aliphatic imine (C=N–C) groups is 1. The second kappa shape index (κ2) is 20.0. The molecule has 0 aliphatic carbocycles. The van der Waals surface area contributed by atoms with Crippen molar-refractivity contribution in [1.82, 2.24) is 36.1 Å². The molecular weight excluding hydrogens is 874 g/mol. The Hall–Kier alpha value is -7.77. The maximum absolute atomic E-state index is 14.9. The van der Waals surface area contributed by atoms with E-state index in [4.69, 9.17) is 22.1 Å². The summed E-state index contributed by atoms with van der Waals surface area (Å²) in [5.41, 5.74) is 12.3. The largest absolute Gasteiger partial charge is 0.388 e. The van der Waals surface area contributed by atoms with E-state index in [-0.39, 0.29) is 79.5 Å². The van der Waals surface area contributed by atoms with Gasteiger partial charge in [0.15, 0.2) is 0 Å². The van der Waals surface area contributed by atoms with Gasteiger partial charge in [0.05, 0.1) is 35.8 Å². The number of imide groups is 1. The van der Waals surface area contributed by atoms with Crippen molar-refractivity contribution >= 4 is 64.2 Å². The van der Waals surface area contributed by atoms with E-state index in [0.717, 1.165) is 0 Å². The van der Waals surface area contributed by atoms with E-state index in [9.17, 15) is 32.8 Å². The third-order valence-corrected chi connectivity index (χ3v) is 11.3. The Morgan fingerprint density at radius 1 is 0.955 bits per heavy atom. The van der Waals surface area contributed by atoms with Crippen LogP contribution in [0.25, 0.3) is 11.3 Å². The molecule has 0 saturated carbocycles. The third-order valence-electron chi connectivity index (χ3n) is 11.0. The predicted molar refractivity (Wildman–Crippen MR) is 240 cm³/mol. The average Bonchev–Trinajstić information content (AvgIpc) is 3.56. The second-order valence-electron chi connectivity index (χ2n) is 15.4. The molecule has 336 valence electrons. The van der Waals surface area contributed by atoms with E-state index in [1.807, 2.05) is 0 Å². The molecule has 0 spiro atoms. The minimum atomic E-state index is -0.754. The number of anilines is 3. The van der Waals surface area contributed by atoms with Crippen molar-refractivity contribution in [3.8, 4) is 11.3 Å². The zero-order valence-corrected chi connectivity index (χ0v) is 35.8. The first-order valence-electron chi connectivity index (χ1n) is 20.8. The molecule has 0 bridgehead atoms. The Bertz CT molecular complexity index is 2820. The molecule has 5 aromatic rings. The van der Waals surface area contributed by atoms with Gasteiger partial charge < -0.3 is 31.5 Å². The Balaban J connectivity index is 0.775. The van der Waals surface area contributed by atoms with Gasteiger partial charge in [-0.1, -0.05) is 29.8 Å². The molecule has 1 atom stereocenters. The number of fused-ring (bicyclic) bond motifs is 4. The van der Waals surface area contributed by atoms with Crippen LogP contribution in [0, 0.1) is 17.2 Å². The monoisotopic (exact) mass is 914 g/mol. The number of nitrogens with one attached hydrogen (secondary N) is 7. The van der Waals surface area contributed by atoms with Gasteiger partial charge in [0.1, 0.15) is 17.7 Å². The lowest BCUT2D eigenvalue weighted by atomic mass is 9.95. The van der Waals surface area contributed by atoms with Gasteiger partial charge in [-0.3, -0.25) is 34.3 Å². The van der Waals surface area contributed by atoms with E-state index < -0.39 is 29.5 Å². The van der Waals surface area contributed by atoms with Crippen LogP contribution in [0.15, 0.2) is 107 Å². The predicted octanol–water partition coefficient (Wildman–Crippen LogP) is 5.74. The van der Waals surface area contributed by atoms with Crippen molar-refractivity contribution in [2.24, 2.45) is 10.1 Å². The van der Waals surface area contributed by atoms with Crippen molar-refractivity contribution in [1.29, 1.82) is 5.53 Å². The molecule has 5 amide bonds. The standard InChI is InChI=1S/C46H41ClF2N12O5/c47-27-9-12-30-32(19-27)42(40-34(48)4-2-5-35(40)49)53-20-26-21-55-46(59-41(26)30)56-28-10-7-25(8-11-28)43(64)54-23-29(60-50)22-52-18-17-51-16-15-39(63)57-36-6-1-3-31-33(36)24-61(45(31)66)37-13-14-38(62)58-44(37)65/h1-12,19,21-22,37,50-52H,13-18,20,23-24H2,(H,54,64)(H,57,63)(H,55,56,59)(H,58,62,65)/b29-22-,60-50?. The van der Waals surface area contributed by atoms with E-state index >= 15 is 0 Å². The first-order chi connectivity index (χ1) is 32.0. The van der Waals surface area contributed by atoms with Crippen LogP contribution in [0.4, 0.5) is 26.1 Å². The number of rotatable bonds is 16. The van der Waals surface area contributed by atoms with Crippen LogP contribution in [0.5, 0.6) is 0 Å². The lowest BCUT2D eigenvalue weighted by molar-refractivity contribution is -0.137. The molecule has 3 aliphatic rings. The number of hydrogen-bond donors (Lipinski definition) is 7. The molecule has 66 heavy (non-hydrogen) atoms. The van der Waals surface area contributed by atoms with Crippen LogP contribution in [-0.4, -0.2) is 82.3 Å². The van der Waals surface area contributed by atoms with Gasteiger partial charge in [0, 0.05) is 101 Å². The minimum absolute atomic E-state index is 0.0202. The lowest BCUT2D eigenvalue weighted by Crippen LogP contribution is -2.52. The van der Waals surface area contributed by atoms with Gasteiger partial charge in [-0.25, -0.2) is 24.3 Å². The van der Waals surface area contributed by atoms with Gasteiger partial charge in [-0.2, -0.15) is 5.11 Å². The summed E-state index contributed by atoms with van der Waals surface area (Å²) in [6.07, 6.45) is 3.65. The van der Waals surface area contributed by atoms with Crippen molar-refractivity contribution in [2.75, 3.05) is 36.8 Å². The molecule has 20 heteroatoms. The van der Waals surface area contributed by atoms with Gasteiger partial charge >= 0.3 is 0 Å². The van der Waals surface area contributed by atoms with Gasteiger partial charge in [-0.15, -0.1) is 0 Å². The summed E-state index contributed by atoms with van der Waals surface area (Å²) in [7, 11) is 0. The van der Waals surface area contributed by atoms with Crippen molar-refractivity contribution < 1.29 is 32.8 Å². The fourth-order valence-corrected chi connectivity index (χ4v) is 7.92. The maximum atomic E-state index is 14.9. The SMILES string of the molecule is N=N/C(=C\NCCNCCC(=O)Nc1cccc2c1CN(C1CCC(=O)NC1=O)C2=O)CNC(=O)c1ccc(Nc2ncc3c(n2)-c2ccc(Cl)cc2C(c2c(F)cccc2F)=NC3)cc1. The highest BCUT2D eigenvalue weighted by molar-refractivity contribution is 6.31. The van der Waals surface area contributed by atoms with Crippen LogP contribution in [0.3, 0.4) is 0 Å². The van der Waals surface area contributed by atoms with Crippen LogP contribution in [-0.2, 0) is 27.5 Å². The quantitative estimate of drug-likeness (QED) is 0.0360. The molecule has 17 nitrogen and oxygen atoms in total. The Morgan fingerprint density at radius 2 is 1.74 bits per heavy atom. The molecule has 4 aromatic carbocycles. The highest BCUT2D eigenvalue weighted by Crippen LogP contribution is 2.35. The topological polar surface area (TPSA) is 235 Å². The number of piperidine rings is 1. The first-order valence-corrected chi connectivity index (χ1v) is 21.2. The van der Waals surface area contributed by atoms with Crippen molar-refractivity contribution in [2.45, 2.75) is 38.4 Å². The minimum Gasteiger partial charge on any atom is -0.388 e. The van der Waals surface area contributed by atoms with Gasteiger partial charge in [-0.05, 0) is 67.1 Å². The lowest BCUT2D eigenvalue weighted by Gasteiger charge is -2.29. The molecule has 1 fully saturated rings. The van der Waals surface area contributed by atoms with Crippen LogP contribution < -0.4 is 31.9 Å². The number of benzene rings is 4. The number of nitrogens with zero attached hydrogens (tertiary/aromatic N) is 5. The van der Waals surface area contributed by atoms with E-state index in [0.29, 0.717) is 75.1 Å². The fourth-order valence-electron chi connectivity index (χ4n) is 7.74. The van der Waals surface area contributed by atoms with Crippen molar-refractivity contribution in [3.63, 3.8) is 0 Å². The average molecular weight is 915 g/mol. The van der Waals surface area contributed by atoms with Crippen LogP contribution in [0.1, 0.15) is 62.2 Å². The summed E-state index contributed by atoms with van der Waals surface area (Å²) in [5.74, 6) is -3.12. The Labute approximate surface area is 381 Å². The highest BCUT2D eigenvalue weighted by atomic mass is 35.5. The smallest absolute Gasteiger partial charge is 0.255 e. The Morgan fingerprint density at radius 3 is 2.52 bits per heavy atom. The third kappa shape index (κ3) is 9.96. The molecule has 1 aromatic heterocycles. The van der Waals surface area contributed by atoms with Gasteiger partial charge in [0.2, 0.25) is 23.7 Å². The zero-order chi connectivity index (χ0) is 46.3. The van der Waals surface area contributed by atoms with E-state index in [1.165, 1.54) is 29.3 Å². The number of halogens is 3. The zero-order valence-electron chi connectivity index (χ0n) is 35.0. The summed E-state index contributed by atoms with van der Waals surface area (Å²) in [6, 6.07) is 19.5. The van der Waals surface area contributed by atoms with E-state index in [2.05, 4.69) is 47.0 Å². The fraction of sp³-hybridized carbons (Fsp3) is 0.217. The molecule has 1 unspecified atom stereocenters. The van der Waals surface area contributed by atoms with Gasteiger partial charge in [0.25, 0.3) is 11.8 Å². The van der Waals surface area contributed by atoms with Crippen LogP contribution in [0.2, 0.25) is 5.02 Å². The molecule has 4 heterocycles. The van der Waals surface area contributed by atoms with Crippen LogP contribution >= 0.6 is 11.6 Å². The van der Waals surface area contributed by atoms with E-state index in [1.54, 1.807) is 66.9 Å². The molecule has 0 radical (unpaired) electrons. The second-order valence-corrected chi connectivity index (χ2v) is 15.8. The maximum Gasteiger partial charge on any atom is 0.255 e. The summed E-state index contributed by atoms with van der Waals surface area (Å²) in [6.45, 7) is 1.46. The number of aromatic nitrogens is 2. The molecule has 8 rings (SSSR count). The number of carbonyl (C=O) groups excluding carboxylic acids is 5.